The maximum Gasteiger partial charge on any atom is 0.261 e. The molecule has 3 heterocycles. The Morgan fingerprint density at radius 3 is 2.81 bits per heavy atom. The van der Waals surface area contributed by atoms with Crippen LogP contribution in [-0.2, 0) is 14.3 Å². The van der Waals surface area contributed by atoms with Crippen LogP contribution in [0.3, 0.4) is 0 Å². The molecule has 1 aromatic heterocycles. The van der Waals surface area contributed by atoms with E-state index in [2.05, 4.69) is 10.2 Å². The van der Waals surface area contributed by atoms with Gasteiger partial charge >= 0.3 is 0 Å². The highest BCUT2D eigenvalue weighted by molar-refractivity contribution is 7.21. The lowest BCUT2D eigenvalue weighted by molar-refractivity contribution is -0.135. The second kappa shape index (κ2) is 10.5. The largest absolute Gasteiger partial charge is 0.383 e. The van der Waals surface area contributed by atoms with Gasteiger partial charge in [0.15, 0.2) is 0 Å². The number of thiophene rings is 1. The minimum Gasteiger partial charge on any atom is -0.383 e. The Balaban J connectivity index is 1.52. The fourth-order valence-electron chi connectivity index (χ4n) is 4.36. The van der Waals surface area contributed by atoms with Gasteiger partial charge in [0.05, 0.1) is 30.7 Å². The Kier molecular flexibility index (Phi) is 7.55. The summed E-state index contributed by atoms with van der Waals surface area (Å²) in [6.45, 7) is 4.97. The van der Waals surface area contributed by atoms with Crippen LogP contribution in [0.5, 0.6) is 0 Å². The predicted molar refractivity (Wildman–Crippen MR) is 122 cm³/mol. The number of carbonyl (C=O) groups is 2. The quantitative estimate of drug-likeness (QED) is 0.664. The van der Waals surface area contributed by atoms with Crippen LogP contribution in [0.25, 0.3) is 10.1 Å². The first kappa shape index (κ1) is 22.2. The summed E-state index contributed by atoms with van der Waals surface area (Å²) in [5.74, 6) is 0.103. The van der Waals surface area contributed by atoms with Gasteiger partial charge in [-0.1, -0.05) is 18.2 Å². The zero-order valence-corrected chi connectivity index (χ0v) is 18.9. The minimum atomic E-state index is -0.234. The van der Waals surface area contributed by atoms with Crippen LogP contribution >= 0.6 is 11.3 Å². The zero-order valence-electron chi connectivity index (χ0n) is 18.1. The summed E-state index contributed by atoms with van der Waals surface area (Å²) in [5, 5.41) is 4.00. The molecule has 7 nitrogen and oxygen atoms in total. The van der Waals surface area contributed by atoms with Crippen molar-refractivity contribution in [2.45, 2.75) is 25.4 Å². The average Bonchev–Trinajstić information content (AvgIpc) is 3.20. The van der Waals surface area contributed by atoms with Crippen LogP contribution < -0.4 is 5.32 Å². The third-order valence-corrected chi connectivity index (χ3v) is 7.16. The molecule has 0 aliphatic carbocycles. The molecule has 2 aromatic rings. The Morgan fingerprint density at radius 1 is 1.19 bits per heavy atom. The Hall–Kier alpha value is -2.00. The first-order valence-corrected chi connectivity index (χ1v) is 11.9. The van der Waals surface area contributed by atoms with Gasteiger partial charge < -0.3 is 19.7 Å². The molecule has 1 atom stereocenters. The van der Waals surface area contributed by atoms with Gasteiger partial charge in [0.2, 0.25) is 5.91 Å². The molecule has 0 saturated carbocycles. The lowest BCUT2D eigenvalue weighted by Gasteiger charge is -2.35. The van der Waals surface area contributed by atoms with E-state index in [9.17, 15) is 9.59 Å². The summed E-state index contributed by atoms with van der Waals surface area (Å²) in [6.07, 6.45) is 3.17. The van der Waals surface area contributed by atoms with Crippen molar-refractivity contribution in [2.24, 2.45) is 0 Å². The number of hydrogen-bond donors (Lipinski definition) is 1. The Morgan fingerprint density at radius 2 is 2.00 bits per heavy atom. The van der Waals surface area contributed by atoms with Crippen molar-refractivity contribution in [3.63, 3.8) is 0 Å². The number of nitrogens with zero attached hydrogens (tertiary/aromatic N) is 2. The Bertz CT molecular complexity index is 909. The molecule has 2 saturated heterocycles. The summed E-state index contributed by atoms with van der Waals surface area (Å²) >= 11 is 1.49. The van der Waals surface area contributed by atoms with Gasteiger partial charge in [-0.25, -0.2) is 0 Å². The molecule has 0 spiro atoms. The number of ether oxygens (including phenoxy) is 2. The van der Waals surface area contributed by atoms with Crippen LogP contribution in [0.15, 0.2) is 24.3 Å². The topological polar surface area (TPSA) is 71.1 Å². The molecule has 0 radical (unpaired) electrons. The highest BCUT2D eigenvalue weighted by Gasteiger charge is 2.31. The summed E-state index contributed by atoms with van der Waals surface area (Å²) in [6, 6.07) is 8.07. The number of hydrogen-bond acceptors (Lipinski definition) is 6. The number of likely N-dealkylation sites (tertiary alicyclic amines) is 1. The third-order valence-electron chi connectivity index (χ3n) is 5.97. The standard InChI is InChI=1S/C23H31N3O4S/c1-29-13-9-24-23(28)22-21(17-7-3-4-8-19(17)31-22)18-15-25(12-14-30-18)16-20(27)26-10-5-2-6-11-26/h3-4,7-8,18H,2,5-6,9-16H2,1H3,(H,24,28)/t18-/m0/s1. The van der Waals surface area contributed by atoms with Gasteiger partial charge in [-0.3, -0.25) is 14.5 Å². The number of nitrogens with one attached hydrogen (secondary N) is 1. The van der Waals surface area contributed by atoms with E-state index >= 15 is 0 Å². The van der Waals surface area contributed by atoms with E-state index in [0.717, 1.165) is 48.1 Å². The normalized spacial score (nSPS) is 20.2. The summed E-state index contributed by atoms with van der Waals surface area (Å²) < 4.78 is 12.3. The van der Waals surface area contributed by atoms with Gasteiger partial charge in [-0.2, -0.15) is 0 Å². The van der Waals surface area contributed by atoms with E-state index in [1.165, 1.54) is 17.8 Å². The molecule has 0 unspecified atom stereocenters. The second-order valence-corrected chi connectivity index (χ2v) is 9.18. The van der Waals surface area contributed by atoms with Crippen molar-refractivity contribution >= 4 is 33.2 Å². The van der Waals surface area contributed by atoms with E-state index in [-0.39, 0.29) is 17.9 Å². The van der Waals surface area contributed by atoms with Gasteiger partial charge in [-0.15, -0.1) is 11.3 Å². The molecule has 2 aliphatic rings. The van der Waals surface area contributed by atoms with E-state index in [0.29, 0.717) is 37.7 Å². The average molecular weight is 446 g/mol. The summed E-state index contributed by atoms with van der Waals surface area (Å²) in [7, 11) is 1.62. The first-order valence-electron chi connectivity index (χ1n) is 11.1. The zero-order chi connectivity index (χ0) is 21.6. The van der Waals surface area contributed by atoms with E-state index in [1.807, 2.05) is 29.2 Å². The van der Waals surface area contributed by atoms with Crippen molar-refractivity contribution in [3.05, 3.63) is 34.7 Å². The van der Waals surface area contributed by atoms with Crippen LogP contribution in [0.2, 0.25) is 0 Å². The summed E-state index contributed by atoms with van der Waals surface area (Å²) in [4.78, 5) is 30.5. The van der Waals surface area contributed by atoms with E-state index in [4.69, 9.17) is 9.47 Å². The van der Waals surface area contributed by atoms with E-state index in [1.54, 1.807) is 7.11 Å². The van der Waals surface area contributed by atoms with Crippen molar-refractivity contribution in [1.82, 2.24) is 15.1 Å². The molecular weight excluding hydrogens is 414 g/mol. The molecular formula is C23H31N3O4S. The van der Waals surface area contributed by atoms with Crippen LogP contribution in [0, 0.1) is 0 Å². The smallest absolute Gasteiger partial charge is 0.261 e. The molecule has 31 heavy (non-hydrogen) atoms. The van der Waals surface area contributed by atoms with Gasteiger partial charge in [-0.05, 0) is 30.7 Å². The molecule has 2 fully saturated rings. The summed E-state index contributed by atoms with van der Waals surface area (Å²) in [5.41, 5.74) is 0.936. The Labute approximate surface area is 187 Å². The SMILES string of the molecule is COCCNC(=O)c1sc2ccccc2c1[C@@H]1CN(CC(=O)N2CCCCC2)CCO1. The lowest BCUT2D eigenvalue weighted by Crippen LogP contribution is -2.47. The molecule has 0 bridgehead atoms. The maximum absolute atomic E-state index is 12.9. The van der Waals surface area contributed by atoms with Crippen LogP contribution in [0.1, 0.15) is 40.6 Å². The maximum atomic E-state index is 12.9. The molecule has 1 N–H and O–H groups in total. The predicted octanol–water partition coefficient (Wildman–Crippen LogP) is 2.66. The van der Waals surface area contributed by atoms with Gasteiger partial charge in [0.1, 0.15) is 0 Å². The van der Waals surface area contributed by atoms with Crippen LogP contribution in [0.4, 0.5) is 0 Å². The third kappa shape index (κ3) is 5.26. The fraction of sp³-hybridized carbons (Fsp3) is 0.565. The molecule has 4 rings (SSSR count). The molecule has 168 valence electrons. The number of benzene rings is 1. The number of fused-ring (bicyclic) bond motifs is 1. The highest BCUT2D eigenvalue weighted by atomic mass is 32.1. The van der Waals surface area contributed by atoms with Gasteiger partial charge in [0, 0.05) is 50.1 Å². The second-order valence-electron chi connectivity index (χ2n) is 8.13. The lowest BCUT2D eigenvalue weighted by atomic mass is 10.0. The molecule has 2 amide bonds. The van der Waals surface area contributed by atoms with Crippen molar-refractivity contribution < 1.29 is 19.1 Å². The fourth-order valence-corrected chi connectivity index (χ4v) is 5.53. The van der Waals surface area contributed by atoms with Crippen molar-refractivity contribution in [1.29, 1.82) is 0 Å². The van der Waals surface area contributed by atoms with Crippen molar-refractivity contribution in [2.75, 3.05) is 59.6 Å². The first-order chi connectivity index (χ1) is 15.2. The molecule has 8 heteroatoms. The number of methoxy groups -OCH3 is 1. The van der Waals surface area contributed by atoms with Gasteiger partial charge in [0.25, 0.3) is 5.91 Å². The number of rotatable bonds is 7. The number of amides is 2. The van der Waals surface area contributed by atoms with Crippen LogP contribution in [-0.4, -0.2) is 81.2 Å². The minimum absolute atomic E-state index is 0.0987. The van der Waals surface area contributed by atoms with Crippen molar-refractivity contribution in [3.8, 4) is 0 Å². The number of carbonyl (C=O) groups excluding carboxylic acids is 2. The monoisotopic (exact) mass is 445 g/mol. The molecule has 1 aromatic carbocycles. The highest BCUT2D eigenvalue weighted by Crippen LogP contribution is 2.38. The number of morpholine rings is 1. The van der Waals surface area contributed by atoms with E-state index < -0.39 is 0 Å². The molecule has 2 aliphatic heterocycles. The number of piperidine rings is 1.